The Kier molecular flexibility index (Phi) is 10.0. The molecule has 0 aromatic heterocycles. The first kappa shape index (κ1) is 22.7. The number of hydrogen-bond acceptors (Lipinski definition) is 4. The van der Waals surface area contributed by atoms with Crippen molar-refractivity contribution in [2.75, 3.05) is 13.2 Å². The van der Waals surface area contributed by atoms with Crippen molar-refractivity contribution in [2.24, 2.45) is 10.8 Å². The summed E-state index contributed by atoms with van der Waals surface area (Å²) in [6, 6.07) is -0.642. The summed E-state index contributed by atoms with van der Waals surface area (Å²) in [4.78, 5) is 24.3. The summed E-state index contributed by atoms with van der Waals surface area (Å²) in [5.74, 6) is -0.380. The number of rotatable bonds is 9. The minimum Gasteiger partial charge on any atom is -0.464 e. The molecule has 24 heavy (non-hydrogen) atoms. The molecule has 0 radical (unpaired) electrons. The molecule has 1 unspecified atom stereocenters. The van der Waals surface area contributed by atoms with Gasteiger partial charge in [0.1, 0.15) is 6.04 Å². The van der Waals surface area contributed by atoms with Crippen LogP contribution in [0, 0.1) is 10.8 Å². The first-order valence-electron chi connectivity index (χ1n) is 9.04. The van der Waals surface area contributed by atoms with E-state index in [0.717, 1.165) is 25.7 Å². The smallest absolute Gasteiger partial charge is 0.407 e. The van der Waals surface area contributed by atoms with Crippen LogP contribution in [-0.2, 0) is 14.3 Å². The third-order valence-corrected chi connectivity index (χ3v) is 3.21. The Bertz CT molecular complexity index is 380. The van der Waals surface area contributed by atoms with Crippen LogP contribution in [0.5, 0.6) is 0 Å². The fraction of sp³-hybridized carbons (Fsp3) is 0.895. The van der Waals surface area contributed by atoms with Gasteiger partial charge in [0, 0.05) is 0 Å². The molecule has 0 aromatic rings. The largest absolute Gasteiger partial charge is 0.464 e. The molecule has 5 heteroatoms. The molecule has 0 aromatic carbocycles. The number of carbonyl (C=O) groups is 2. The summed E-state index contributed by atoms with van der Waals surface area (Å²) in [6.07, 6.45) is 4.19. The molecular formula is C19H37NO4. The van der Waals surface area contributed by atoms with E-state index < -0.39 is 12.1 Å². The number of hydrogen-bond donors (Lipinski definition) is 1. The Morgan fingerprint density at radius 1 is 0.875 bits per heavy atom. The number of carbonyl (C=O) groups excluding carboxylic acids is 2. The number of ether oxygens (including phenoxy) is 2. The normalized spacial score (nSPS) is 13.3. The summed E-state index contributed by atoms with van der Waals surface area (Å²) in [6.45, 7) is 14.7. The minimum absolute atomic E-state index is 0.102. The first-order valence-corrected chi connectivity index (χ1v) is 9.04. The van der Waals surface area contributed by atoms with Crippen molar-refractivity contribution in [2.45, 2.75) is 86.6 Å². The first-order chi connectivity index (χ1) is 10.9. The van der Waals surface area contributed by atoms with Gasteiger partial charge in [-0.2, -0.15) is 0 Å². The summed E-state index contributed by atoms with van der Waals surface area (Å²) >= 11 is 0. The number of unbranched alkanes of at least 4 members (excludes halogenated alkanes) is 3. The average Bonchev–Trinajstić information content (AvgIpc) is 2.44. The number of amides is 1. The highest BCUT2D eigenvalue weighted by Gasteiger charge is 2.25. The van der Waals surface area contributed by atoms with E-state index in [1.54, 1.807) is 0 Å². The van der Waals surface area contributed by atoms with Gasteiger partial charge in [0.25, 0.3) is 0 Å². The summed E-state index contributed by atoms with van der Waals surface area (Å²) < 4.78 is 10.6. The highest BCUT2D eigenvalue weighted by molar-refractivity contribution is 5.81. The fourth-order valence-electron chi connectivity index (χ4n) is 1.88. The maximum Gasteiger partial charge on any atom is 0.407 e. The third kappa shape index (κ3) is 13.2. The van der Waals surface area contributed by atoms with Gasteiger partial charge in [-0.05, 0) is 17.3 Å². The molecule has 0 saturated heterocycles. The van der Waals surface area contributed by atoms with Crippen molar-refractivity contribution < 1.29 is 19.1 Å². The van der Waals surface area contributed by atoms with Crippen LogP contribution in [0.2, 0.25) is 0 Å². The van der Waals surface area contributed by atoms with E-state index in [2.05, 4.69) is 12.2 Å². The highest BCUT2D eigenvalue weighted by atomic mass is 16.6. The number of esters is 1. The average molecular weight is 344 g/mol. The van der Waals surface area contributed by atoms with Crippen molar-refractivity contribution in [3.8, 4) is 0 Å². The van der Waals surface area contributed by atoms with Gasteiger partial charge in [-0.3, -0.25) is 0 Å². The van der Waals surface area contributed by atoms with E-state index >= 15 is 0 Å². The van der Waals surface area contributed by atoms with E-state index in [0.29, 0.717) is 19.6 Å². The topological polar surface area (TPSA) is 64.6 Å². The van der Waals surface area contributed by atoms with Gasteiger partial charge in [0.2, 0.25) is 0 Å². The zero-order chi connectivity index (χ0) is 18.8. The quantitative estimate of drug-likeness (QED) is 0.487. The van der Waals surface area contributed by atoms with Gasteiger partial charge in [0.15, 0.2) is 0 Å². The lowest BCUT2D eigenvalue weighted by Crippen LogP contribution is -2.43. The van der Waals surface area contributed by atoms with Crippen molar-refractivity contribution >= 4 is 12.1 Å². The number of nitrogens with one attached hydrogen (secondary N) is 1. The van der Waals surface area contributed by atoms with Crippen LogP contribution in [0.25, 0.3) is 0 Å². The lowest BCUT2D eigenvalue weighted by atomic mass is 9.98. The van der Waals surface area contributed by atoms with E-state index in [9.17, 15) is 9.59 Å². The zero-order valence-electron chi connectivity index (χ0n) is 16.7. The van der Waals surface area contributed by atoms with E-state index in [1.807, 2.05) is 41.5 Å². The fourth-order valence-corrected chi connectivity index (χ4v) is 1.88. The van der Waals surface area contributed by atoms with Crippen LogP contribution in [0.15, 0.2) is 0 Å². The van der Waals surface area contributed by atoms with Gasteiger partial charge < -0.3 is 14.8 Å². The van der Waals surface area contributed by atoms with Crippen molar-refractivity contribution in [1.29, 1.82) is 0 Å². The van der Waals surface area contributed by atoms with Gasteiger partial charge in [0.05, 0.1) is 13.2 Å². The SMILES string of the molecule is CCCCCCC(NC(=O)OCC(C)(C)C)C(=O)OCC(C)(C)C. The summed E-state index contributed by atoms with van der Waals surface area (Å²) in [5, 5.41) is 2.67. The van der Waals surface area contributed by atoms with Crippen LogP contribution in [0.4, 0.5) is 4.79 Å². The summed E-state index contributed by atoms with van der Waals surface area (Å²) in [5.41, 5.74) is -0.212. The Morgan fingerprint density at radius 2 is 1.42 bits per heavy atom. The maximum absolute atomic E-state index is 12.3. The van der Waals surface area contributed by atoms with E-state index in [1.165, 1.54) is 0 Å². The molecule has 0 heterocycles. The third-order valence-electron chi connectivity index (χ3n) is 3.21. The molecular weight excluding hydrogens is 306 g/mol. The number of alkyl carbamates (subject to hydrolysis) is 1. The second-order valence-electron chi connectivity index (χ2n) is 8.85. The Hall–Kier alpha value is -1.26. The minimum atomic E-state index is -0.642. The van der Waals surface area contributed by atoms with Crippen molar-refractivity contribution in [3.63, 3.8) is 0 Å². The highest BCUT2D eigenvalue weighted by Crippen LogP contribution is 2.15. The maximum atomic E-state index is 12.3. The summed E-state index contributed by atoms with van der Waals surface area (Å²) in [7, 11) is 0. The molecule has 1 N–H and O–H groups in total. The van der Waals surface area contributed by atoms with Crippen molar-refractivity contribution in [1.82, 2.24) is 5.32 Å². The molecule has 1 atom stereocenters. The molecule has 0 aliphatic heterocycles. The Labute approximate surface area is 147 Å². The zero-order valence-corrected chi connectivity index (χ0v) is 16.7. The van der Waals surface area contributed by atoms with Crippen molar-refractivity contribution in [3.05, 3.63) is 0 Å². The molecule has 0 fully saturated rings. The van der Waals surface area contributed by atoms with Crippen LogP contribution < -0.4 is 5.32 Å². The molecule has 0 bridgehead atoms. The standard InChI is InChI=1S/C19H37NO4/c1-8-9-10-11-12-15(16(21)23-13-18(2,3)4)20-17(22)24-14-19(5,6)7/h15H,8-14H2,1-7H3,(H,20,22). The predicted molar refractivity (Wildman–Crippen MR) is 96.9 cm³/mol. The Balaban J connectivity index is 4.55. The van der Waals surface area contributed by atoms with Gasteiger partial charge in [-0.25, -0.2) is 9.59 Å². The van der Waals surface area contributed by atoms with E-state index in [-0.39, 0.29) is 16.8 Å². The van der Waals surface area contributed by atoms with Crippen LogP contribution in [0.1, 0.15) is 80.6 Å². The Morgan fingerprint density at radius 3 is 1.92 bits per heavy atom. The van der Waals surface area contributed by atoms with Gasteiger partial charge in [-0.1, -0.05) is 74.1 Å². The van der Waals surface area contributed by atoms with Gasteiger partial charge >= 0.3 is 12.1 Å². The van der Waals surface area contributed by atoms with Crippen LogP contribution >= 0.6 is 0 Å². The molecule has 0 spiro atoms. The second-order valence-corrected chi connectivity index (χ2v) is 8.85. The lowest BCUT2D eigenvalue weighted by Gasteiger charge is -2.23. The van der Waals surface area contributed by atoms with Gasteiger partial charge in [-0.15, -0.1) is 0 Å². The molecule has 1 amide bonds. The molecule has 5 nitrogen and oxygen atoms in total. The monoisotopic (exact) mass is 343 g/mol. The van der Waals surface area contributed by atoms with Crippen LogP contribution in [0.3, 0.4) is 0 Å². The second kappa shape index (κ2) is 10.6. The predicted octanol–water partition coefficient (Wildman–Crippen LogP) is 4.69. The van der Waals surface area contributed by atoms with Crippen LogP contribution in [-0.4, -0.2) is 31.3 Å². The molecule has 0 aliphatic carbocycles. The molecule has 0 saturated carbocycles. The molecule has 0 aliphatic rings. The van der Waals surface area contributed by atoms with E-state index in [4.69, 9.17) is 9.47 Å². The lowest BCUT2D eigenvalue weighted by molar-refractivity contribution is -0.149. The molecule has 142 valence electrons. The molecule has 0 rings (SSSR count).